The van der Waals surface area contributed by atoms with Gasteiger partial charge in [-0.05, 0) is 36.2 Å². The van der Waals surface area contributed by atoms with E-state index >= 15 is 0 Å². The number of benzene rings is 1. The predicted molar refractivity (Wildman–Crippen MR) is 74.1 cm³/mol. The molecule has 0 saturated heterocycles. The average molecular weight is 275 g/mol. The van der Waals surface area contributed by atoms with Gasteiger partial charge < -0.3 is 15.3 Å². The second-order valence-electron chi connectivity index (χ2n) is 4.38. The van der Waals surface area contributed by atoms with Crippen molar-refractivity contribution in [1.82, 2.24) is 24.9 Å². The monoisotopic (exact) mass is 275 g/mol. The summed E-state index contributed by atoms with van der Waals surface area (Å²) in [6, 6.07) is 6.06. The molecule has 0 fully saturated rings. The van der Waals surface area contributed by atoms with Crippen LogP contribution in [0.4, 0.5) is 0 Å². The lowest BCUT2D eigenvalue weighted by molar-refractivity contribution is 0.567. The first-order valence-electron chi connectivity index (χ1n) is 5.93. The van der Waals surface area contributed by atoms with Crippen LogP contribution in [0.5, 0.6) is 0 Å². The van der Waals surface area contributed by atoms with Crippen LogP contribution in [0, 0.1) is 0 Å². The fourth-order valence-electron chi connectivity index (χ4n) is 1.96. The lowest BCUT2D eigenvalue weighted by atomic mass is 10.1. The predicted octanol–water partition coefficient (Wildman–Crippen LogP) is 1.56. The van der Waals surface area contributed by atoms with Crippen LogP contribution < -0.4 is 11.0 Å². The third kappa shape index (κ3) is 2.56. The van der Waals surface area contributed by atoms with Crippen molar-refractivity contribution < 1.29 is 0 Å². The van der Waals surface area contributed by atoms with E-state index in [9.17, 15) is 4.79 Å². The van der Waals surface area contributed by atoms with Crippen molar-refractivity contribution in [3.8, 4) is 0 Å². The highest BCUT2D eigenvalue weighted by atomic mass is 32.1. The molecule has 19 heavy (non-hydrogen) atoms. The molecule has 0 radical (unpaired) electrons. The van der Waals surface area contributed by atoms with Crippen LogP contribution >= 0.6 is 11.5 Å². The van der Waals surface area contributed by atoms with Gasteiger partial charge in [0.25, 0.3) is 0 Å². The van der Waals surface area contributed by atoms with Crippen LogP contribution in [-0.4, -0.2) is 19.6 Å². The van der Waals surface area contributed by atoms with Crippen LogP contribution in [-0.2, 0) is 6.54 Å². The second-order valence-corrected chi connectivity index (χ2v) is 4.99. The highest BCUT2D eigenvalue weighted by molar-refractivity contribution is 7.03. The lowest BCUT2D eigenvalue weighted by Gasteiger charge is -2.13. The van der Waals surface area contributed by atoms with Gasteiger partial charge in [0, 0.05) is 18.0 Å². The largest absolute Gasteiger partial charge is 0.323 e. The average Bonchev–Trinajstić information content (AvgIpc) is 3.02. The number of H-pyrrole nitrogens is 2. The summed E-state index contributed by atoms with van der Waals surface area (Å²) in [5.41, 5.74) is 3.52. The minimum Gasteiger partial charge on any atom is -0.306 e. The highest BCUT2D eigenvalue weighted by Crippen LogP contribution is 2.17. The normalized spacial score (nSPS) is 12.9. The summed E-state index contributed by atoms with van der Waals surface area (Å²) in [5.74, 6) is 0. The minimum atomic E-state index is -0.179. The molecular weight excluding hydrogens is 262 g/mol. The zero-order valence-corrected chi connectivity index (χ0v) is 11.1. The third-order valence-electron chi connectivity index (χ3n) is 3.03. The maximum absolute atomic E-state index is 11.2. The van der Waals surface area contributed by atoms with Gasteiger partial charge in [0.15, 0.2) is 0 Å². The second kappa shape index (κ2) is 4.94. The number of nitrogens with one attached hydrogen (secondary N) is 3. The van der Waals surface area contributed by atoms with Gasteiger partial charge in [-0.1, -0.05) is 10.6 Å². The molecule has 3 rings (SSSR count). The Labute approximate surface area is 113 Å². The number of aromatic nitrogens is 4. The van der Waals surface area contributed by atoms with Crippen molar-refractivity contribution in [1.29, 1.82) is 0 Å². The first kappa shape index (κ1) is 12.1. The molecule has 0 aliphatic heterocycles. The molecule has 0 aliphatic carbocycles. The van der Waals surface area contributed by atoms with E-state index < -0.39 is 0 Å². The van der Waals surface area contributed by atoms with E-state index in [-0.39, 0.29) is 11.7 Å². The van der Waals surface area contributed by atoms with Gasteiger partial charge in [-0.2, -0.15) is 0 Å². The van der Waals surface area contributed by atoms with Crippen molar-refractivity contribution in [2.45, 2.75) is 19.5 Å². The van der Waals surface area contributed by atoms with Gasteiger partial charge in [0.05, 0.1) is 16.7 Å². The number of fused-ring (bicyclic) bond motifs is 1. The van der Waals surface area contributed by atoms with Crippen LogP contribution in [0.2, 0.25) is 0 Å². The van der Waals surface area contributed by atoms with Crippen LogP contribution in [0.25, 0.3) is 11.0 Å². The van der Waals surface area contributed by atoms with Crippen LogP contribution in [0.1, 0.15) is 24.2 Å². The van der Waals surface area contributed by atoms with Gasteiger partial charge >= 0.3 is 5.69 Å². The summed E-state index contributed by atoms with van der Waals surface area (Å²) in [7, 11) is 0. The quantitative estimate of drug-likeness (QED) is 0.674. The van der Waals surface area contributed by atoms with E-state index in [2.05, 4.69) is 31.8 Å². The van der Waals surface area contributed by atoms with E-state index in [1.807, 2.05) is 23.6 Å². The first-order valence-corrected chi connectivity index (χ1v) is 6.77. The molecule has 0 aliphatic rings. The fourth-order valence-corrected chi connectivity index (χ4v) is 2.41. The zero-order valence-electron chi connectivity index (χ0n) is 10.3. The Morgan fingerprint density at radius 1 is 1.37 bits per heavy atom. The number of rotatable bonds is 4. The molecule has 1 aromatic carbocycles. The van der Waals surface area contributed by atoms with Crippen LogP contribution in [0.15, 0.2) is 28.4 Å². The molecule has 3 N–H and O–H groups in total. The Hall–Kier alpha value is -1.99. The van der Waals surface area contributed by atoms with Crippen molar-refractivity contribution >= 4 is 22.6 Å². The molecule has 0 spiro atoms. The fraction of sp³-hybridized carbons (Fsp3) is 0.250. The molecule has 0 bridgehead atoms. The van der Waals surface area contributed by atoms with Gasteiger partial charge in [-0.15, -0.1) is 5.10 Å². The van der Waals surface area contributed by atoms with Gasteiger partial charge in [-0.3, -0.25) is 0 Å². The highest BCUT2D eigenvalue weighted by Gasteiger charge is 2.07. The molecule has 1 unspecified atom stereocenters. The zero-order chi connectivity index (χ0) is 13.2. The summed E-state index contributed by atoms with van der Waals surface area (Å²) in [4.78, 5) is 16.7. The number of aromatic amines is 2. The molecule has 0 amide bonds. The summed E-state index contributed by atoms with van der Waals surface area (Å²) >= 11 is 1.35. The molecule has 1 atom stereocenters. The van der Waals surface area contributed by atoms with Gasteiger partial charge in [0.2, 0.25) is 0 Å². The Morgan fingerprint density at radius 3 is 3.00 bits per heavy atom. The summed E-state index contributed by atoms with van der Waals surface area (Å²) in [6.07, 6.45) is 0. The van der Waals surface area contributed by atoms with Crippen molar-refractivity contribution in [3.63, 3.8) is 0 Å². The standard InChI is InChI=1S/C12H13N5OS/c1-7(13-5-9-6-19-17-16-9)8-2-3-10-11(4-8)15-12(18)14-10/h2-4,6-7,13H,5H2,1H3,(H2,14,15,18). The van der Waals surface area contributed by atoms with E-state index in [0.29, 0.717) is 6.54 Å². The molecule has 7 heteroatoms. The summed E-state index contributed by atoms with van der Waals surface area (Å²) in [5, 5.41) is 9.29. The SMILES string of the molecule is CC(NCc1csnn1)c1ccc2[nH]c(=O)[nH]c2c1. The van der Waals surface area contributed by atoms with E-state index in [1.54, 1.807) is 0 Å². The van der Waals surface area contributed by atoms with E-state index in [1.165, 1.54) is 11.5 Å². The number of nitrogens with zero attached hydrogens (tertiary/aromatic N) is 2. The maximum atomic E-state index is 11.2. The smallest absolute Gasteiger partial charge is 0.306 e. The van der Waals surface area contributed by atoms with Crippen LogP contribution in [0.3, 0.4) is 0 Å². The first-order chi connectivity index (χ1) is 9.22. The Bertz CT molecular complexity index is 730. The Morgan fingerprint density at radius 2 is 2.21 bits per heavy atom. The van der Waals surface area contributed by atoms with Crippen molar-refractivity contribution in [2.75, 3.05) is 0 Å². The Balaban J connectivity index is 1.77. The third-order valence-corrected chi connectivity index (χ3v) is 3.59. The topological polar surface area (TPSA) is 86.5 Å². The Kier molecular flexibility index (Phi) is 3.14. The number of imidazole rings is 1. The molecule has 2 heterocycles. The number of hydrogen-bond acceptors (Lipinski definition) is 5. The van der Waals surface area contributed by atoms with Crippen molar-refractivity contribution in [2.24, 2.45) is 0 Å². The van der Waals surface area contributed by atoms with Crippen molar-refractivity contribution in [3.05, 3.63) is 45.3 Å². The molecule has 3 aromatic rings. The molecule has 98 valence electrons. The maximum Gasteiger partial charge on any atom is 0.323 e. The van der Waals surface area contributed by atoms with E-state index in [4.69, 9.17) is 0 Å². The minimum absolute atomic E-state index is 0.171. The molecule has 6 nitrogen and oxygen atoms in total. The lowest BCUT2D eigenvalue weighted by Crippen LogP contribution is -2.18. The summed E-state index contributed by atoms with van der Waals surface area (Å²) in [6.45, 7) is 2.76. The molecule has 2 aromatic heterocycles. The molecular formula is C12H13N5OS. The van der Waals surface area contributed by atoms with Gasteiger partial charge in [-0.25, -0.2) is 4.79 Å². The molecule has 0 saturated carbocycles. The number of hydrogen-bond donors (Lipinski definition) is 3. The van der Waals surface area contributed by atoms with Gasteiger partial charge in [0.1, 0.15) is 0 Å². The summed E-state index contributed by atoms with van der Waals surface area (Å²) < 4.78 is 3.82. The van der Waals surface area contributed by atoms with E-state index in [0.717, 1.165) is 22.3 Å².